The first-order valence-corrected chi connectivity index (χ1v) is 13.7. The van der Waals surface area contributed by atoms with Gasteiger partial charge in [-0.2, -0.15) is 0 Å². The lowest BCUT2D eigenvalue weighted by atomic mass is 10.0. The number of carbonyl (C=O) groups excluding carboxylic acids is 1. The summed E-state index contributed by atoms with van der Waals surface area (Å²) in [6.07, 6.45) is 6.17. The van der Waals surface area contributed by atoms with E-state index in [9.17, 15) is 4.79 Å². The summed E-state index contributed by atoms with van der Waals surface area (Å²) in [4.78, 5) is 20.0. The standard InChI is InChI=1S/C33H39N3O2/c1-4-13-30(37)28-24-34-33-27(32(28)35-29-19-9-8-14-25(29)2)18-10-20-31(33)38-23-12-22-36(3)21-11-17-26-15-6-5-7-16-26/h5-10,14-16,18-20,24H,4,11-13,17,21-23H2,1-3H3,(H,34,35). The number of fused-ring (bicyclic) bond motifs is 1. The largest absolute Gasteiger partial charge is 0.491 e. The molecule has 5 nitrogen and oxygen atoms in total. The number of carbonyl (C=O) groups is 1. The van der Waals surface area contributed by atoms with E-state index in [0.29, 0.717) is 18.6 Å². The third-order valence-corrected chi connectivity index (χ3v) is 6.83. The van der Waals surface area contributed by atoms with Crippen molar-refractivity contribution in [1.29, 1.82) is 0 Å². The number of para-hydroxylation sites is 2. The molecule has 1 N–H and O–H groups in total. The third kappa shape index (κ3) is 7.20. The summed E-state index contributed by atoms with van der Waals surface area (Å²) < 4.78 is 6.22. The zero-order chi connectivity index (χ0) is 26.7. The van der Waals surface area contributed by atoms with E-state index in [2.05, 4.69) is 60.6 Å². The molecule has 0 aliphatic carbocycles. The van der Waals surface area contributed by atoms with Crippen LogP contribution in [0.3, 0.4) is 0 Å². The van der Waals surface area contributed by atoms with Gasteiger partial charge in [0.15, 0.2) is 5.78 Å². The van der Waals surface area contributed by atoms with Gasteiger partial charge in [0, 0.05) is 30.2 Å². The van der Waals surface area contributed by atoms with Crippen molar-refractivity contribution in [3.8, 4) is 5.75 Å². The molecule has 0 fully saturated rings. The predicted molar refractivity (Wildman–Crippen MR) is 158 cm³/mol. The molecular weight excluding hydrogens is 470 g/mol. The topological polar surface area (TPSA) is 54.5 Å². The molecule has 38 heavy (non-hydrogen) atoms. The Morgan fingerprint density at radius 3 is 2.50 bits per heavy atom. The Labute approximate surface area is 226 Å². The van der Waals surface area contributed by atoms with Gasteiger partial charge in [-0.1, -0.05) is 67.6 Å². The number of Topliss-reactive ketones (excluding diaryl/α,β-unsaturated/α-hetero) is 1. The minimum atomic E-state index is 0.0969. The number of pyridine rings is 1. The number of aryl methyl sites for hydroxylation is 2. The molecule has 1 aromatic heterocycles. The number of hydrogen-bond donors (Lipinski definition) is 1. The van der Waals surface area contributed by atoms with E-state index in [1.807, 2.05) is 43.3 Å². The smallest absolute Gasteiger partial charge is 0.166 e. The molecule has 198 valence electrons. The van der Waals surface area contributed by atoms with Gasteiger partial charge in [0.05, 0.1) is 17.9 Å². The molecule has 0 saturated heterocycles. The number of hydrogen-bond acceptors (Lipinski definition) is 5. The van der Waals surface area contributed by atoms with Crippen molar-refractivity contribution in [3.63, 3.8) is 0 Å². The number of benzene rings is 3. The zero-order valence-electron chi connectivity index (χ0n) is 22.9. The molecule has 0 saturated carbocycles. The Morgan fingerprint density at radius 2 is 1.71 bits per heavy atom. The first-order chi connectivity index (χ1) is 18.6. The molecule has 0 amide bonds. The molecule has 1 heterocycles. The van der Waals surface area contributed by atoms with E-state index in [1.54, 1.807) is 6.20 Å². The van der Waals surface area contributed by atoms with Crippen LogP contribution in [0.15, 0.2) is 79.0 Å². The Hall–Kier alpha value is -3.70. The van der Waals surface area contributed by atoms with Crippen LogP contribution in [0.1, 0.15) is 54.1 Å². The van der Waals surface area contributed by atoms with Gasteiger partial charge in [-0.15, -0.1) is 0 Å². The van der Waals surface area contributed by atoms with Crippen molar-refractivity contribution in [2.75, 3.05) is 32.1 Å². The van der Waals surface area contributed by atoms with E-state index in [0.717, 1.165) is 72.4 Å². The number of anilines is 2. The Kier molecular flexibility index (Phi) is 9.88. The van der Waals surface area contributed by atoms with Crippen LogP contribution in [0.4, 0.5) is 11.4 Å². The van der Waals surface area contributed by atoms with Gasteiger partial charge in [0.1, 0.15) is 11.3 Å². The summed E-state index contributed by atoms with van der Waals surface area (Å²) in [7, 11) is 2.17. The van der Waals surface area contributed by atoms with Gasteiger partial charge in [-0.25, -0.2) is 0 Å². The highest BCUT2D eigenvalue weighted by Crippen LogP contribution is 2.35. The van der Waals surface area contributed by atoms with Crippen molar-refractivity contribution >= 4 is 28.1 Å². The molecule has 0 spiro atoms. The van der Waals surface area contributed by atoms with E-state index in [-0.39, 0.29) is 5.78 Å². The maximum atomic E-state index is 13.0. The van der Waals surface area contributed by atoms with Crippen LogP contribution in [0.5, 0.6) is 5.75 Å². The summed E-state index contributed by atoms with van der Waals surface area (Å²) >= 11 is 0. The van der Waals surface area contributed by atoms with E-state index < -0.39 is 0 Å². The van der Waals surface area contributed by atoms with Crippen LogP contribution in [0.25, 0.3) is 10.9 Å². The number of nitrogens with zero attached hydrogens (tertiary/aromatic N) is 2. The molecule has 4 rings (SSSR count). The van der Waals surface area contributed by atoms with Gasteiger partial charge in [0.2, 0.25) is 0 Å². The van der Waals surface area contributed by atoms with Gasteiger partial charge >= 0.3 is 0 Å². The summed E-state index contributed by atoms with van der Waals surface area (Å²) in [6, 6.07) is 24.7. The maximum Gasteiger partial charge on any atom is 0.166 e. The second-order valence-corrected chi connectivity index (χ2v) is 9.91. The highest BCUT2D eigenvalue weighted by Gasteiger charge is 2.18. The fourth-order valence-corrected chi connectivity index (χ4v) is 4.69. The molecule has 0 radical (unpaired) electrons. The van der Waals surface area contributed by atoms with Crippen LogP contribution in [0, 0.1) is 6.92 Å². The Balaban J connectivity index is 1.43. The Morgan fingerprint density at radius 1 is 0.947 bits per heavy atom. The van der Waals surface area contributed by atoms with Crippen molar-refractivity contribution in [2.24, 2.45) is 0 Å². The van der Waals surface area contributed by atoms with Crippen molar-refractivity contribution in [2.45, 2.75) is 46.0 Å². The molecule has 3 aromatic carbocycles. The van der Waals surface area contributed by atoms with Crippen LogP contribution in [-0.4, -0.2) is 42.4 Å². The molecule has 0 atom stereocenters. The second-order valence-electron chi connectivity index (χ2n) is 9.91. The number of ether oxygens (including phenoxy) is 1. The highest BCUT2D eigenvalue weighted by molar-refractivity contribution is 6.09. The van der Waals surface area contributed by atoms with Crippen molar-refractivity contribution < 1.29 is 9.53 Å². The van der Waals surface area contributed by atoms with E-state index >= 15 is 0 Å². The minimum absolute atomic E-state index is 0.0969. The maximum absolute atomic E-state index is 13.0. The summed E-state index contributed by atoms with van der Waals surface area (Å²) in [5, 5.41) is 4.44. The number of rotatable bonds is 14. The Bertz CT molecular complexity index is 1340. The SMILES string of the molecule is CCCC(=O)c1cnc2c(OCCCN(C)CCCc3ccccc3)cccc2c1Nc1ccccc1C. The molecule has 0 bridgehead atoms. The van der Waals surface area contributed by atoms with Gasteiger partial charge in [-0.3, -0.25) is 9.78 Å². The average molecular weight is 510 g/mol. The number of aromatic nitrogens is 1. The lowest BCUT2D eigenvalue weighted by Gasteiger charge is -2.18. The van der Waals surface area contributed by atoms with Crippen LogP contribution >= 0.6 is 0 Å². The fraction of sp³-hybridized carbons (Fsp3) is 0.333. The molecule has 5 heteroatoms. The second kappa shape index (κ2) is 13.7. The van der Waals surface area contributed by atoms with Crippen LogP contribution in [0.2, 0.25) is 0 Å². The molecule has 0 unspecified atom stereocenters. The quantitative estimate of drug-likeness (QED) is 0.140. The minimum Gasteiger partial charge on any atom is -0.491 e. The predicted octanol–water partition coefficient (Wildman–Crippen LogP) is 7.60. The van der Waals surface area contributed by atoms with Crippen LogP contribution in [-0.2, 0) is 6.42 Å². The van der Waals surface area contributed by atoms with Crippen LogP contribution < -0.4 is 10.1 Å². The normalized spacial score (nSPS) is 11.2. The number of nitrogens with one attached hydrogen (secondary N) is 1. The highest BCUT2D eigenvalue weighted by atomic mass is 16.5. The van der Waals surface area contributed by atoms with Gasteiger partial charge < -0.3 is 15.0 Å². The first-order valence-electron chi connectivity index (χ1n) is 13.7. The number of ketones is 1. The monoisotopic (exact) mass is 509 g/mol. The summed E-state index contributed by atoms with van der Waals surface area (Å²) in [5.41, 5.74) is 5.68. The van der Waals surface area contributed by atoms with E-state index in [4.69, 9.17) is 9.72 Å². The molecule has 4 aromatic rings. The fourth-order valence-electron chi connectivity index (χ4n) is 4.69. The van der Waals surface area contributed by atoms with Gasteiger partial charge in [-0.05, 0) is 69.5 Å². The first kappa shape index (κ1) is 27.3. The van der Waals surface area contributed by atoms with Crippen molar-refractivity contribution in [1.82, 2.24) is 9.88 Å². The molecular formula is C33H39N3O2. The zero-order valence-corrected chi connectivity index (χ0v) is 22.9. The summed E-state index contributed by atoms with van der Waals surface area (Å²) in [5.74, 6) is 0.844. The molecule has 0 aliphatic rings. The lowest BCUT2D eigenvalue weighted by molar-refractivity contribution is 0.0982. The van der Waals surface area contributed by atoms with E-state index in [1.165, 1.54) is 5.56 Å². The van der Waals surface area contributed by atoms with Crippen molar-refractivity contribution in [3.05, 3.63) is 95.7 Å². The lowest BCUT2D eigenvalue weighted by Crippen LogP contribution is -2.22. The third-order valence-electron chi connectivity index (χ3n) is 6.83. The molecule has 0 aliphatic heterocycles. The van der Waals surface area contributed by atoms with Gasteiger partial charge in [0.25, 0.3) is 0 Å². The average Bonchev–Trinajstić information content (AvgIpc) is 2.93. The summed E-state index contributed by atoms with van der Waals surface area (Å²) in [6.45, 7) is 6.73.